The number of guanidine groups is 1. The van der Waals surface area contributed by atoms with E-state index in [0.29, 0.717) is 25.6 Å². The molecule has 0 amide bonds. The number of nitro groups is 1. The number of non-ortho nitro benzene ring substituents is 1. The van der Waals surface area contributed by atoms with Gasteiger partial charge in [0.25, 0.3) is 5.69 Å². The number of nitro benzene ring substituents is 1. The molecule has 0 unspecified atom stereocenters. The van der Waals surface area contributed by atoms with Crippen molar-refractivity contribution < 1.29 is 9.31 Å². The second kappa shape index (κ2) is 9.81. The van der Waals surface area contributed by atoms with Crippen LogP contribution in [0, 0.1) is 15.9 Å². The van der Waals surface area contributed by atoms with E-state index in [0.717, 1.165) is 24.0 Å². The van der Waals surface area contributed by atoms with Gasteiger partial charge < -0.3 is 10.6 Å². The van der Waals surface area contributed by atoms with E-state index in [9.17, 15) is 14.5 Å². The van der Waals surface area contributed by atoms with Gasteiger partial charge in [-0.3, -0.25) is 10.1 Å². The number of rotatable bonds is 7. The van der Waals surface area contributed by atoms with E-state index >= 15 is 0 Å². The van der Waals surface area contributed by atoms with Crippen molar-refractivity contribution in [2.45, 2.75) is 31.7 Å². The van der Waals surface area contributed by atoms with E-state index in [4.69, 9.17) is 0 Å². The Bertz CT molecular complexity index is 856. The topological polar surface area (TPSA) is 79.6 Å². The quantitative estimate of drug-likeness (QED) is 0.198. The molecule has 1 aliphatic rings. The van der Waals surface area contributed by atoms with Crippen LogP contribution >= 0.6 is 24.0 Å². The van der Waals surface area contributed by atoms with Crippen LogP contribution in [0.2, 0.25) is 0 Å². The van der Waals surface area contributed by atoms with Crippen LogP contribution in [0.25, 0.3) is 0 Å². The van der Waals surface area contributed by atoms with Gasteiger partial charge in [0, 0.05) is 30.6 Å². The fourth-order valence-electron chi connectivity index (χ4n) is 3.12. The summed E-state index contributed by atoms with van der Waals surface area (Å²) in [6.07, 6.45) is 1.87. The molecular weight excluding hydrogens is 474 g/mol. The van der Waals surface area contributed by atoms with Crippen LogP contribution < -0.4 is 10.6 Å². The van der Waals surface area contributed by atoms with Gasteiger partial charge in [0.2, 0.25) is 0 Å². The number of halogens is 2. The van der Waals surface area contributed by atoms with E-state index in [1.807, 2.05) is 25.1 Å². The monoisotopic (exact) mass is 498 g/mol. The maximum absolute atomic E-state index is 14.1. The SMILES string of the molecule is CCNC(=NCc1cccc([N+](=O)[O-])c1)NCC1(c2ccccc2F)CC1.I. The van der Waals surface area contributed by atoms with Crippen molar-refractivity contribution in [3.8, 4) is 0 Å². The molecule has 0 spiro atoms. The zero-order valence-electron chi connectivity index (χ0n) is 15.7. The smallest absolute Gasteiger partial charge is 0.269 e. The first kappa shape index (κ1) is 22.1. The molecule has 150 valence electrons. The predicted octanol–water partition coefficient (Wildman–Crippen LogP) is 4.14. The third-order valence-electron chi connectivity index (χ3n) is 4.78. The number of nitrogens with one attached hydrogen (secondary N) is 2. The van der Waals surface area contributed by atoms with Gasteiger partial charge in [0.05, 0.1) is 11.5 Å². The maximum Gasteiger partial charge on any atom is 0.269 e. The zero-order chi connectivity index (χ0) is 19.3. The lowest BCUT2D eigenvalue weighted by molar-refractivity contribution is -0.384. The first-order valence-corrected chi connectivity index (χ1v) is 9.04. The molecule has 1 aliphatic carbocycles. The predicted molar refractivity (Wildman–Crippen MR) is 119 cm³/mol. The molecule has 2 N–H and O–H groups in total. The lowest BCUT2D eigenvalue weighted by Crippen LogP contribution is -2.41. The van der Waals surface area contributed by atoms with Gasteiger partial charge in [0.15, 0.2) is 5.96 Å². The van der Waals surface area contributed by atoms with Gasteiger partial charge in [0.1, 0.15) is 5.82 Å². The number of aliphatic imine (C=N–C) groups is 1. The van der Waals surface area contributed by atoms with Gasteiger partial charge in [-0.15, -0.1) is 24.0 Å². The van der Waals surface area contributed by atoms with Gasteiger partial charge in [-0.2, -0.15) is 0 Å². The molecule has 0 heterocycles. The van der Waals surface area contributed by atoms with Crippen molar-refractivity contribution in [2.24, 2.45) is 4.99 Å². The molecule has 2 aromatic carbocycles. The third kappa shape index (κ3) is 5.40. The van der Waals surface area contributed by atoms with Crippen molar-refractivity contribution >= 4 is 35.6 Å². The minimum atomic E-state index is -0.415. The molecule has 2 aromatic rings. The highest BCUT2D eigenvalue weighted by atomic mass is 127. The molecule has 0 radical (unpaired) electrons. The summed E-state index contributed by atoms with van der Waals surface area (Å²) in [7, 11) is 0. The summed E-state index contributed by atoms with van der Waals surface area (Å²) in [6.45, 7) is 3.57. The highest BCUT2D eigenvalue weighted by molar-refractivity contribution is 14.0. The minimum absolute atomic E-state index is 0. The Morgan fingerprint density at radius 3 is 2.61 bits per heavy atom. The molecular formula is C20H24FIN4O2. The molecule has 3 rings (SSSR count). The second-order valence-corrected chi connectivity index (χ2v) is 6.74. The highest BCUT2D eigenvalue weighted by Crippen LogP contribution is 2.48. The molecule has 0 aliphatic heterocycles. The van der Waals surface area contributed by atoms with Crippen molar-refractivity contribution in [1.82, 2.24) is 10.6 Å². The van der Waals surface area contributed by atoms with Gasteiger partial charge in [-0.25, -0.2) is 9.38 Å². The van der Waals surface area contributed by atoms with Gasteiger partial charge in [-0.1, -0.05) is 30.3 Å². The summed E-state index contributed by atoms with van der Waals surface area (Å²) in [4.78, 5) is 15.0. The summed E-state index contributed by atoms with van der Waals surface area (Å²) in [5, 5.41) is 17.4. The van der Waals surface area contributed by atoms with E-state index in [1.54, 1.807) is 12.1 Å². The highest BCUT2D eigenvalue weighted by Gasteiger charge is 2.45. The number of benzene rings is 2. The van der Waals surface area contributed by atoms with Crippen LogP contribution in [0.15, 0.2) is 53.5 Å². The Labute approximate surface area is 180 Å². The summed E-state index contributed by atoms with van der Waals surface area (Å²) in [5.41, 5.74) is 1.37. The maximum atomic E-state index is 14.1. The Hall–Kier alpha value is -2.23. The van der Waals surface area contributed by atoms with Crippen LogP contribution in [-0.2, 0) is 12.0 Å². The fraction of sp³-hybridized carbons (Fsp3) is 0.350. The first-order valence-electron chi connectivity index (χ1n) is 9.04. The van der Waals surface area contributed by atoms with Crippen LogP contribution in [-0.4, -0.2) is 24.0 Å². The lowest BCUT2D eigenvalue weighted by Gasteiger charge is -2.19. The summed E-state index contributed by atoms with van der Waals surface area (Å²) >= 11 is 0. The molecule has 0 atom stereocenters. The lowest BCUT2D eigenvalue weighted by atomic mass is 9.95. The largest absolute Gasteiger partial charge is 0.357 e. The number of hydrogen-bond acceptors (Lipinski definition) is 3. The molecule has 28 heavy (non-hydrogen) atoms. The van der Waals surface area contributed by atoms with E-state index in [1.165, 1.54) is 18.2 Å². The van der Waals surface area contributed by atoms with Gasteiger partial charge in [-0.05, 0) is 37.0 Å². The Morgan fingerprint density at radius 1 is 1.21 bits per heavy atom. The summed E-state index contributed by atoms with van der Waals surface area (Å²) in [5.74, 6) is 0.446. The van der Waals surface area contributed by atoms with Gasteiger partial charge >= 0.3 is 0 Å². The van der Waals surface area contributed by atoms with Crippen LogP contribution in [0.3, 0.4) is 0 Å². The van der Waals surface area contributed by atoms with Crippen LogP contribution in [0.1, 0.15) is 30.9 Å². The summed E-state index contributed by atoms with van der Waals surface area (Å²) in [6, 6.07) is 13.3. The molecule has 1 saturated carbocycles. The standard InChI is InChI=1S/C20H23FN4O2.HI/c1-2-22-19(23-13-15-6-5-7-16(12-15)25(26)27)24-14-20(10-11-20)17-8-3-4-9-18(17)21;/h3-9,12H,2,10-11,13-14H2,1H3,(H2,22,23,24);1H. The molecule has 0 aromatic heterocycles. The van der Waals surface area contributed by atoms with Crippen molar-refractivity contribution in [2.75, 3.05) is 13.1 Å². The zero-order valence-corrected chi connectivity index (χ0v) is 18.0. The van der Waals surface area contributed by atoms with Crippen molar-refractivity contribution in [1.29, 1.82) is 0 Å². The third-order valence-corrected chi connectivity index (χ3v) is 4.78. The Balaban J connectivity index is 0.00000280. The normalized spacial score (nSPS) is 14.7. The molecule has 8 heteroatoms. The molecule has 6 nitrogen and oxygen atoms in total. The van der Waals surface area contributed by atoms with Crippen LogP contribution in [0.4, 0.5) is 10.1 Å². The average Bonchev–Trinajstić information content (AvgIpc) is 3.45. The number of hydrogen-bond donors (Lipinski definition) is 2. The first-order chi connectivity index (χ1) is 13.0. The fourth-order valence-corrected chi connectivity index (χ4v) is 3.12. The summed E-state index contributed by atoms with van der Waals surface area (Å²) < 4.78 is 14.1. The Kier molecular flexibility index (Phi) is 7.73. The molecule has 0 saturated heterocycles. The molecule has 0 bridgehead atoms. The van der Waals surface area contributed by atoms with E-state index in [2.05, 4.69) is 15.6 Å². The minimum Gasteiger partial charge on any atom is -0.357 e. The van der Waals surface area contributed by atoms with E-state index < -0.39 is 4.92 Å². The van der Waals surface area contributed by atoms with Crippen LogP contribution in [0.5, 0.6) is 0 Å². The Morgan fingerprint density at radius 2 is 1.96 bits per heavy atom. The second-order valence-electron chi connectivity index (χ2n) is 6.74. The average molecular weight is 498 g/mol. The molecule has 1 fully saturated rings. The van der Waals surface area contributed by atoms with E-state index in [-0.39, 0.29) is 40.9 Å². The van der Waals surface area contributed by atoms with Crippen molar-refractivity contribution in [3.05, 3.63) is 75.6 Å². The number of nitrogens with zero attached hydrogens (tertiary/aromatic N) is 2. The van der Waals surface area contributed by atoms with Crippen molar-refractivity contribution in [3.63, 3.8) is 0 Å².